The van der Waals surface area contributed by atoms with Gasteiger partial charge < -0.3 is 15.4 Å². The van der Waals surface area contributed by atoms with Gasteiger partial charge in [-0.25, -0.2) is 0 Å². The molecule has 0 saturated carbocycles. The Bertz CT molecular complexity index is 1380. The zero-order valence-corrected chi connectivity index (χ0v) is 21.5. The summed E-state index contributed by atoms with van der Waals surface area (Å²) in [5.74, 6) is 0.0853. The number of nitrogens with one attached hydrogen (secondary N) is 2. The summed E-state index contributed by atoms with van der Waals surface area (Å²) in [7, 11) is 0. The van der Waals surface area contributed by atoms with Crippen molar-refractivity contribution in [3.05, 3.63) is 101 Å². The lowest BCUT2D eigenvalue weighted by Gasteiger charge is -2.19. The fraction of sp³-hybridized carbons (Fsp3) is 0.172. The van der Waals surface area contributed by atoms with Crippen molar-refractivity contribution in [3.8, 4) is 5.75 Å². The van der Waals surface area contributed by atoms with Gasteiger partial charge in [-0.15, -0.1) is 0 Å². The van der Waals surface area contributed by atoms with E-state index in [9.17, 15) is 9.59 Å². The molecule has 2 amide bonds. The van der Waals surface area contributed by atoms with E-state index in [1.54, 1.807) is 24.3 Å². The summed E-state index contributed by atoms with van der Waals surface area (Å²) >= 11 is 3.57. The highest BCUT2D eigenvalue weighted by atomic mass is 79.9. The second kappa shape index (κ2) is 10.3. The molecular formula is C29H27BrN2O3. The van der Waals surface area contributed by atoms with Crippen LogP contribution in [0.4, 0.5) is 11.4 Å². The minimum Gasteiger partial charge on any atom is -0.483 e. The van der Waals surface area contributed by atoms with E-state index < -0.39 is 0 Å². The number of amides is 2. The minimum absolute atomic E-state index is 0.0235. The lowest BCUT2D eigenvalue weighted by atomic mass is 9.87. The fourth-order valence-corrected chi connectivity index (χ4v) is 4.27. The summed E-state index contributed by atoms with van der Waals surface area (Å²) in [6, 6.07) is 26.3. The molecule has 0 atom stereocenters. The van der Waals surface area contributed by atoms with Crippen LogP contribution in [0.15, 0.2) is 89.4 Å². The standard InChI is InChI=1S/C29H27BrN2O3/c1-29(2,3)21-14-11-20(12-15-21)28(34)32-23-9-6-8-22(17-23)31-26(33)18-35-25-16-13-19-7-4-5-10-24(19)27(25)30/h4-17H,18H2,1-3H3,(H,31,33)(H,32,34). The van der Waals surface area contributed by atoms with Gasteiger partial charge in [0, 0.05) is 16.9 Å². The van der Waals surface area contributed by atoms with Gasteiger partial charge in [-0.2, -0.15) is 0 Å². The second-order valence-corrected chi connectivity index (χ2v) is 10.1. The highest BCUT2D eigenvalue weighted by Gasteiger charge is 2.15. The Labute approximate surface area is 213 Å². The van der Waals surface area contributed by atoms with E-state index >= 15 is 0 Å². The molecule has 0 radical (unpaired) electrons. The van der Waals surface area contributed by atoms with E-state index in [4.69, 9.17) is 4.74 Å². The van der Waals surface area contributed by atoms with Crippen molar-refractivity contribution in [2.45, 2.75) is 26.2 Å². The van der Waals surface area contributed by atoms with Gasteiger partial charge in [-0.3, -0.25) is 9.59 Å². The maximum absolute atomic E-state index is 12.7. The molecular weight excluding hydrogens is 504 g/mol. The Morgan fingerprint density at radius 2 is 1.51 bits per heavy atom. The van der Waals surface area contributed by atoms with Crippen molar-refractivity contribution in [3.63, 3.8) is 0 Å². The Hall–Kier alpha value is -3.64. The third-order valence-corrected chi connectivity index (χ3v) is 6.42. The molecule has 35 heavy (non-hydrogen) atoms. The first kappa shape index (κ1) is 24.5. The van der Waals surface area contributed by atoms with E-state index in [1.165, 1.54) is 0 Å². The Kier molecular flexibility index (Phi) is 7.22. The minimum atomic E-state index is -0.300. The number of benzene rings is 4. The summed E-state index contributed by atoms with van der Waals surface area (Å²) in [5, 5.41) is 7.80. The highest BCUT2D eigenvalue weighted by molar-refractivity contribution is 9.10. The molecule has 0 bridgehead atoms. The third-order valence-electron chi connectivity index (χ3n) is 5.60. The summed E-state index contributed by atoms with van der Waals surface area (Å²) in [6.07, 6.45) is 0. The van der Waals surface area contributed by atoms with Crippen molar-refractivity contribution < 1.29 is 14.3 Å². The number of anilines is 2. The molecule has 2 N–H and O–H groups in total. The predicted octanol–water partition coefficient (Wildman–Crippen LogP) is 7.17. The Morgan fingerprint density at radius 3 is 2.23 bits per heavy atom. The maximum atomic E-state index is 12.7. The fourth-order valence-electron chi connectivity index (χ4n) is 3.67. The number of carbonyl (C=O) groups is 2. The van der Waals surface area contributed by atoms with Crippen LogP contribution < -0.4 is 15.4 Å². The van der Waals surface area contributed by atoms with Gasteiger partial charge in [0.25, 0.3) is 11.8 Å². The van der Waals surface area contributed by atoms with Crippen LogP contribution in [-0.2, 0) is 10.2 Å². The van der Waals surface area contributed by atoms with Crippen LogP contribution in [-0.4, -0.2) is 18.4 Å². The number of hydrogen-bond donors (Lipinski definition) is 2. The van der Waals surface area contributed by atoms with Crippen molar-refractivity contribution >= 4 is 49.9 Å². The molecule has 0 aromatic heterocycles. The van der Waals surface area contributed by atoms with Crippen LogP contribution >= 0.6 is 15.9 Å². The van der Waals surface area contributed by atoms with E-state index in [0.29, 0.717) is 22.7 Å². The topological polar surface area (TPSA) is 67.4 Å². The predicted molar refractivity (Wildman–Crippen MR) is 145 cm³/mol. The average molecular weight is 531 g/mol. The summed E-state index contributed by atoms with van der Waals surface area (Å²) < 4.78 is 6.55. The molecule has 0 unspecified atom stereocenters. The van der Waals surface area contributed by atoms with Gasteiger partial charge in [-0.1, -0.05) is 69.3 Å². The molecule has 4 aromatic carbocycles. The van der Waals surface area contributed by atoms with Crippen LogP contribution in [0, 0.1) is 0 Å². The van der Waals surface area contributed by atoms with Gasteiger partial charge in [-0.05, 0) is 74.1 Å². The molecule has 4 aromatic rings. The van der Waals surface area contributed by atoms with Gasteiger partial charge in [0.05, 0.1) is 4.47 Å². The van der Waals surface area contributed by atoms with Gasteiger partial charge in [0.2, 0.25) is 0 Å². The first-order valence-corrected chi connectivity index (χ1v) is 12.1. The van der Waals surface area contributed by atoms with Gasteiger partial charge in [0.15, 0.2) is 6.61 Å². The monoisotopic (exact) mass is 530 g/mol. The maximum Gasteiger partial charge on any atom is 0.262 e. The van der Waals surface area contributed by atoms with Gasteiger partial charge in [0.1, 0.15) is 5.75 Å². The lowest BCUT2D eigenvalue weighted by Crippen LogP contribution is -2.20. The molecule has 0 fully saturated rings. The molecule has 0 spiro atoms. The van der Waals surface area contributed by atoms with Crippen LogP contribution in [0.2, 0.25) is 0 Å². The highest BCUT2D eigenvalue weighted by Crippen LogP contribution is 2.33. The SMILES string of the molecule is CC(C)(C)c1ccc(C(=O)Nc2cccc(NC(=O)COc3ccc4ccccc4c3Br)c2)cc1. The number of carbonyl (C=O) groups excluding carboxylic acids is 2. The smallest absolute Gasteiger partial charge is 0.262 e. The van der Waals surface area contributed by atoms with Crippen LogP contribution in [0.5, 0.6) is 5.75 Å². The lowest BCUT2D eigenvalue weighted by molar-refractivity contribution is -0.118. The number of halogens is 1. The quantitative estimate of drug-likeness (QED) is 0.277. The largest absolute Gasteiger partial charge is 0.483 e. The van der Waals surface area contributed by atoms with Crippen molar-refractivity contribution in [1.82, 2.24) is 0 Å². The summed E-state index contributed by atoms with van der Waals surface area (Å²) in [6.45, 7) is 6.25. The second-order valence-electron chi connectivity index (χ2n) is 9.30. The van der Waals surface area contributed by atoms with E-state index in [-0.39, 0.29) is 23.8 Å². The molecule has 178 valence electrons. The van der Waals surface area contributed by atoms with E-state index in [2.05, 4.69) is 47.3 Å². The molecule has 6 heteroatoms. The first-order valence-electron chi connectivity index (χ1n) is 11.3. The number of ether oxygens (including phenoxy) is 1. The number of rotatable bonds is 6. The number of hydrogen-bond acceptors (Lipinski definition) is 3. The normalized spacial score (nSPS) is 11.2. The average Bonchev–Trinajstić information content (AvgIpc) is 2.83. The summed E-state index contributed by atoms with van der Waals surface area (Å²) in [4.78, 5) is 25.2. The van der Waals surface area contributed by atoms with Crippen molar-refractivity contribution in [1.29, 1.82) is 0 Å². The van der Waals surface area contributed by atoms with Crippen molar-refractivity contribution in [2.75, 3.05) is 17.2 Å². The molecule has 5 nitrogen and oxygen atoms in total. The zero-order valence-electron chi connectivity index (χ0n) is 19.9. The summed E-state index contributed by atoms with van der Waals surface area (Å²) in [5.41, 5.74) is 2.91. The van der Waals surface area contributed by atoms with E-state index in [0.717, 1.165) is 20.8 Å². The number of fused-ring (bicyclic) bond motifs is 1. The van der Waals surface area contributed by atoms with Crippen LogP contribution in [0.1, 0.15) is 36.7 Å². The molecule has 0 aliphatic heterocycles. The molecule has 4 rings (SSSR count). The van der Waals surface area contributed by atoms with E-state index in [1.807, 2.05) is 60.7 Å². The Balaban J connectivity index is 1.36. The molecule has 0 aliphatic carbocycles. The molecule has 0 heterocycles. The first-order chi connectivity index (χ1) is 16.7. The molecule has 0 saturated heterocycles. The van der Waals surface area contributed by atoms with Crippen LogP contribution in [0.3, 0.4) is 0 Å². The zero-order chi connectivity index (χ0) is 25.0. The van der Waals surface area contributed by atoms with Crippen molar-refractivity contribution in [2.24, 2.45) is 0 Å². The van der Waals surface area contributed by atoms with Gasteiger partial charge >= 0.3 is 0 Å². The van der Waals surface area contributed by atoms with Crippen LogP contribution in [0.25, 0.3) is 10.8 Å². The third kappa shape index (κ3) is 6.08. The molecule has 0 aliphatic rings. The Morgan fingerprint density at radius 1 is 0.829 bits per heavy atom.